The molecule has 0 heterocycles. The van der Waals surface area contributed by atoms with E-state index in [0.29, 0.717) is 13.0 Å². The zero-order valence-corrected chi connectivity index (χ0v) is 25.1. The van der Waals surface area contributed by atoms with Crippen LogP contribution in [0.15, 0.2) is 0 Å². The van der Waals surface area contributed by atoms with Gasteiger partial charge in [0.15, 0.2) is 5.78 Å². The summed E-state index contributed by atoms with van der Waals surface area (Å²) in [6.07, 6.45) is 1.72. The Morgan fingerprint density at radius 3 is 1.44 bits per heavy atom. The number of carbonyl (C=O) groups is 6. The third-order valence-electron chi connectivity index (χ3n) is 5.32. The van der Waals surface area contributed by atoms with Crippen LogP contribution < -0.4 is 32.3 Å². The number of likely N-dealkylation sites (N-methyl/N-ethyl adjacent to an activating group) is 1. The third-order valence-corrected chi connectivity index (χ3v) is 5.32. The highest BCUT2D eigenvalue weighted by Crippen LogP contribution is 2.02. The number of carboxylic acids is 1. The minimum Gasteiger partial charge on any atom is -0.481 e. The minimum atomic E-state index is -1.10. The molecule has 0 aromatic rings. The quantitative estimate of drug-likeness (QED) is 0.121. The number of aliphatic carboxylic acids is 1. The van der Waals surface area contributed by atoms with Gasteiger partial charge in [-0.1, -0.05) is 34.1 Å². The lowest BCUT2D eigenvalue weighted by atomic mass is 10.1. The molecule has 0 saturated carbocycles. The molecule has 39 heavy (non-hydrogen) atoms. The summed E-state index contributed by atoms with van der Waals surface area (Å²) in [5.74, 6) is -3.77. The van der Waals surface area contributed by atoms with Crippen LogP contribution in [0.3, 0.4) is 0 Å². The van der Waals surface area contributed by atoms with E-state index in [1.54, 1.807) is 7.05 Å². The van der Waals surface area contributed by atoms with Crippen molar-refractivity contribution in [3.8, 4) is 0 Å². The average Bonchev–Trinajstić information content (AvgIpc) is 2.90. The first-order chi connectivity index (χ1) is 18.3. The summed E-state index contributed by atoms with van der Waals surface area (Å²) < 4.78 is 0. The molecule has 13 nitrogen and oxygen atoms in total. The van der Waals surface area contributed by atoms with E-state index in [9.17, 15) is 28.8 Å². The van der Waals surface area contributed by atoms with Crippen LogP contribution in [0.2, 0.25) is 0 Å². The Morgan fingerprint density at radius 2 is 1.08 bits per heavy atom. The van der Waals surface area contributed by atoms with Crippen molar-refractivity contribution in [1.82, 2.24) is 26.6 Å². The number of carboxylic acid groups (broad SMARTS) is 1. The Kier molecular flexibility index (Phi) is 24.9. The van der Waals surface area contributed by atoms with Gasteiger partial charge in [-0.05, 0) is 60.5 Å². The van der Waals surface area contributed by atoms with E-state index in [-0.39, 0.29) is 18.7 Å². The number of nitrogens with one attached hydrogen (secondary N) is 5. The SMILES string of the molecule is CC.CC.CNC(CCCCN)C(=O)NC(C)C(=O)NC(C)C(=O)NC(C)C(=O)NC(CCC(=O)O)C(C)=O. The lowest BCUT2D eigenvalue weighted by Crippen LogP contribution is -2.56. The normalized spacial score (nSPS) is 13.8. The maximum atomic E-state index is 12.4. The largest absolute Gasteiger partial charge is 0.481 e. The van der Waals surface area contributed by atoms with Crippen molar-refractivity contribution in [2.45, 2.75) is 118 Å². The number of hydrogen-bond acceptors (Lipinski definition) is 8. The maximum absolute atomic E-state index is 12.4. The molecule has 0 saturated heterocycles. The fourth-order valence-electron chi connectivity index (χ4n) is 3.03. The van der Waals surface area contributed by atoms with Gasteiger partial charge < -0.3 is 37.4 Å². The van der Waals surface area contributed by atoms with Crippen LogP contribution in [0.1, 0.15) is 87.5 Å². The molecule has 0 radical (unpaired) electrons. The molecule has 0 fully saturated rings. The summed E-state index contributed by atoms with van der Waals surface area (Å²) in [6.45, 7) is 14.0. The van der Waals surface area contributed by atoms with Crippen LogP contribution in [0.5, 0.6) is 0 Å². The van der Waals surface area contributed by atoms with Gasteiger partial charge in [0.25, 0.3) is 0 Å². The summed E-state index contributed by atoms with van der Waals surface area (Å²) in [4.78, 5) is 71.9. The molecule has 5 unspecified atom stereocenters. The second-order valence-corrected chi connectivity index (χ2v) is 8.42. The molecular formula is C26H52N6O7. The van der Waals surface area contributed by atoms with Crippen LogP contribution in [0.4, 0.5) is 0 Å². The molecule has 8 N–H and O–H groups in total. The van der Waals surface area contributed by atoms with Gasteiger partial charge in [-0.3, -0.25) is 28.8 Å². The molecule has 0 bridgehead atoms. The van der Waals surface area contributed by atoms with Crippen molar-refractivity contribution in [1.29, 1.82) is 0 Å². The van der Waals surface area contributed by atoms with Gasteiger partial charge in [0, 0.05) is 6.42 Å². The van der Waals surface area contributed by atoms with E-state index in [4.69, 9.17) is 10.8 Å². The van der Waals surface area contributed by atoms with Gasteiger partial charge in [0.2, 0.25) is 23.6 Å². The predicted molar refractivity (Wildman–Crippen MR) is 151 cm³/mol. The Balaban J connectivity index is -0.00000308. The zero-order chi connectivity index (χ0) is 31.1. The van der Waals surface area contributed by atoms with E-state index in [0.717, 1.165) is 12.8 Å². The van der Waals surface area contributed by atoms with Crippen molar-refractivity contribution < 1.29 is 33.9 Å². The van der Waals surface area contributed by atoms with E-state index in [1.807, 2.05) is 27.7 Å². The molecule has 0 aliphatic rings. The number of unbranched alkanes of at least 4 members (excludes halogenated alkanes) is 1. The lowest BCUT2D eigenvalue weighted by Gasteiger charge is -2.23. The highest BCUT2D eigenvalue weighted by atomic mass is 16.4. The van der Waals surface area contributed by atoms with Gasteiger partial charge >= 0.3 is 5.97 Å². The van der Waals surface area contributed by atoms with E-state index in [1.165, 1.54) is 27.7 Å². The molecule has 0 rings (SSSR count). The molecule has 0 aromatic carbocycles. The molecule has 13 heteroatoms. The Hall–Kier alpha value is -3.06. The Labute approximate surface area is 233 Å². The number of amides is 4. The van der Waals surface area contributed by atoms with Gasteiger partial charge in [-0.15, -0.1) is 0 Å². The van der Waals surface area contributed by atoms with Gasteiger partial charge in [0.05, 0.1) is 12.1 Å². The van der Waals surface area contributed by atoms with Gasteiger partial charge in [-0.25, -0.2) is 0 Å². The first kappa shape index (κ1) is 40.4. The van der Waals surface area contributed by atoms with Crippen molar-refractivity contribution >= 4 is 35.4 Å². The number of nitrogens with two attached hydrogens (primary N) is 1. The summed E-state index contributed by atoms with van der Waals surface area (Å²) in [6, 6.07) is -4.44. The fraction of sp³-hybridized carbons (Fsp3) is 0.769. The molecule has 0 aromatic heterocycles. The number of ketones is 1. The average molecular weight is 561 g/mol. The molecule has 0 spiro atoms. The van der Waals surface area contributed by atoms with Crippen LogP contribution in [-0.4, -0.2) is 84.3 Å². The van der Waals surface area contributed by atoms with Crippen molar-refractivity contribution in [3.63, 3.8) is 0 Å². The molecule has 228 valence electrons. The molecule has 0 aliphatic carbocycles. The van der Waals surface area contributed by atoms with Crippen LogP contribution in [-0.2, 0) is 28.8 Å². The van der Waals surface area contributed by atoms with Gasteiger partial charge in [-0.2, -0.15) is 0 Å². The summed E-state index contributed by atoms with van der Waals surface area (Å²) in [5, 5.41) is 21.6. The summed E-state index contributed by atoms with van der Waals surface area (Å²) >= 11 is 0. The predicted octanol–water partition coefficient (Wildman–Crippen LogP) is 0.209. The van der Waals surface area contributed by atoms with Crippen molar-refractivity contribution in [2.24, 2.45) is 5.73 Å². The summed E-state index contributed by atoms with van der Waals surface area (Å²) in [7, 11) is 1.64. The van der Waals surface area contributed by atoms with E-state index < -0.39 is 59.7 Å². The highest BCUT2D eigenvalue weighted by molar-refractivity contribution is 5.95. The topological polar surface area (TPSA) is 209 Å². The van der Waals surface area contributed by atoms with E-state index in [2.05, 4.69) is 26.6 Å². The third kappa shape index (κ3) is 18.8. The molecular weight excluding hydrogens is 508 g/mol. The Morgan fingerprint density at radius 1 is 0.667 bits per heavy atom. The number of carbonyl (C=O) groups excluding carboxylic acids is 5. The highest BCUT2D eigenvalue weighted by Gasteiger charge is 2.27. The van der Waals surface area contributed by atoms with Crippen LogP contribution in [0, 0.1) is 0 Å². The molecule has 0 aliphatic heterocycles. The van der Waals surface area contributed by atoms with Crippen LogP contribution in [0.25, 0.3) is 0 Å². The minimum absolute atomic E-state index is 0.0748. The van der Waals surface area contributed by atoms with Crippen molar-refractivity contribution in [3.05, 3.63) is 0 Å². The maximum Gasteiger partial charge on any atom is 0.303 e. The second kappa shape index (κ2) is 24.0. The second-order valence-electron chi connectivity index (χ2n) is 8.42. The zero-order valence-electron chi connectivity index (χ0n) is 25.1. The number of rotatable bonds is 17. The molecule has 4 amide bonds. The van der Waals surface area contributed by atoms with Crippen molar-refractivity contribution in [2.75, 3.05) is 13.6 Å². The first-order valence-corrected chi connectivity index (χ1v) is 13.6. The number of hydrogen-bond donors (Lipinski definition) is 7. The standard InChI is InChI=1S/C22H40N6O7.2C2H6/c1-12(25-20(33)13(2)27-22(35)17(24-5)8-6-7-11-23)19(32)26-14(3)21(34)28-16(15(4)29)9-10-18(30)31;2*1-2/h12-14,16-17,24H,6-11,23H2,1-5H3,(H,25,33)(H,26,32)(H,27,35)(H,28,34)(H,30,31);2*1-2H3. The fourth-order valence-corrected chi connectivity index (χ4v) is 3.03. The Bertz CT molecular complexity index is 763. The number of Topliss-reactive ketones (excluding diaryl/α,β-unsaturated/α-hetero) is 1. The smallest absolute Gasteiger partial charge is 0.303 e. The monoisotopic (exact) mass is 560 g/mol. The van der Waals surface area contributed by atoms with Crippen LogP contribution >= 0.6 is 0 Å². The summed E-state index contributed by atoms with van der Waals surface area (Å²) in [5.41, 5.74) is 5.46. The van der Waals surface area contributed by atoms with Gasteiger partial charge in [0.1, 0.15) is 18.1 Å². The molecule has 5 atom stereocenters. The van der Waals surface area contributed by atoms with E-state index >= 15 is 0 Å². The first-order valence-electron chi connectivity index (χ1n) is 13.6. The lowest BCUT2D eigenvalue weighted by molar-refractivity contribution is -0.138.